The highest BCUT2D eigenvalue weighted by Crippen LogP contribution is 2.37. The summed E-state index contributed by atoms with van der Waals surface area (Å²) in [6.07, 6.45) is 5.11. The zero-order valence-electron chi connectivity index (χ0n) is 10.9. The molecule has 1 aliphatic heterocycles. The molecule has 0 aromatic heterocycles. The van der Waals surface area contributed by atoms with Crippen LogP contribution in [0.2, 0.25) is 0 Å². The second kappa shape index (κ2) is 4.90. The predicted molar refractivity (Wildman–Crippen MR) is 72.6 cm³/mol. The topological polar surface area (TPSA) is 38.5 Å². The van der Waals surface area contributed by atoms with Crippen LogP contribution >= 0.6 is 0 Å². The molecule has 2 aliphatic rings. The Kier molecular flexibility index (Phi) is 3.27. The summed E-state index contributed by atoms with van der Waals surface area (Å²) in [7, 11) is 0. The van der Waals surface area contributed by atoms with Crippen LogP contribution in [0.3, 0.4) is 0 Å². The van der Waals surface area contributed by atoms with E-state index in [4.69, 9.17) is 10.5 Å². The van der Waals surface area contributed by atoms with Crippen LogP contribution in [0, 0.1) is 0 Å². The van der Waals surface area contributed by atoms with E-state index in [1.54, 1.807) is 0 Å². The van der Waals surface area contributed by atoms with Gasteiger partial charge < -0.3 is 10.5 Å². The highest BCUT2D eigenvalue weighted by Gasteiger charge is 2.39. The van der Waals surface area contributed by atoms with Gasteiger partial charge in [-0.05, 0) is 18.9 Å². The van der Waals surface area contributed by atoms with E-state index in [1.165, 1.54) is 31.2 Å². The predicted octanol–water partition coefficient (Wildman–Crippen LogP) is 2.15. The van der Waals surface area contributed by atoms with E-state index in [0.29, 0.717) is 0 Å². The van der Waals surface area contributed by atoms with Crippen molar-refractivity contribution in [1.29, 1.82) is 0 Å². The molecule has 0 atom stereocenters. The van der Waals surface area contributed by atoms with Crippen molar-refractivity contribution in [3.63, 3.8) is 0 Å². The molecule has 3 heteroatoms. The molecular weight excluding hydrogens is 224 g/mol. The Hall–Kier alpha value is -1.06. The first-order valence-electron chi connectivity index (χ1n) is 7.00. The molecule has 0 bridgehead atoms. The molecule has 3 rings (SSSR count). The van der Waals surface area contributed by atoms with Crippen molar-refractivity contribution in [3.05, 3.63) is 29.8 Å². The van der Waals surface area contributed by atoms with Gasteiger partial charge in [-0.3, -0.25) is 4.90 Å². The van der Waals surface area contributed by atoms with Gasteiger partial charge in [0, 0.05) is 30.7 Å². The molecule has 1 fully saturated rings. The number of rotatable bonds is 2. The van der Waals surface area contributed by atoms with E-state index in [9.17, 15) is 0 Å². The molecule has 2 N–H and O–H groups in total. The van der Waals surface area contributed by atoms with Crippen LogP contribution in [-0.2, 0) is 6.54 Å². The van der Waals surface area contributed by atoms with E-state index in [1.807, 2.05) is 6.07 Å². The van der Waals surface area contributed by atoms with E-state index in [0.717, 1.165) is 32.0 Å². The van der Waals surface area contributed by atoms with Crippen molar-refractivity contribution in [1.82, 2.24) is 4.90 Å². The third kappa shape index (κ3) is 2.02. The molecule has 18 heavy (non-hydrogen) atoms. The van der Waals surface area contributed by atoms with Crippen LogP contribution in [0.5, 0.6) is 5.75 Å². The second-order valence-corrected chi connectivity index (χ2v) is 5.51. The molecule has 1 aromatic rings. The van der Waals surface area contributed by atoms with Crippen LogP contribution in [-0.4, -0.2) is 30.1 Å². The number of hydrogen-bond acceptors (Lipinski definition) is 3. The van der Waals surface area contributed by atoms with Gasteiger partial charge >= 0.3 is 0 Å². The van der Waals surface area contributed by atoms with Crippen molar-refractivity contribution in [3.8, 4) is 5.75 Å². The summed E-state index contributed by atoms with van der Waals surface area (Å²) in [6.45, 7) is 3.52. The van der Waals surface area contributed by atoms with Crippen LogP contribution in [0.25, 0.3) is 0 Å². The van der Waals surface area contributed by atoms with Crippen LogP contribution in [0.1, 0.15) is 31.2 Å². The Morgan fingerprint density at radius 3 is 2.78 bits per heavy atom. The monoisotopic (exact) mass is 246 g/mol. The number of fused-ring (bicyclic) bond motifs is 1. The smallest absolute Gasteiger partial charge is 0.123 e. The highest BCUT2D eigenvalue weighted by atomic mass is 16.5. The van der Waals surface area contributed by atoms with Gasteiger partial charge in [0.25, 0.3) is 0 Å². The van der Waals surface area contributed by atoms with Gasteiger partial charge in [0.2, 0.25) is 0 Å². The highest BCUT2D eigenvalue weighted by molar-refractivity contribution is 5.34. The second-order valence-electron chi connectivity index (χ2n) is 5.51. The van der Waals surface area contributed by atoms with Gasteiger partial charge in [-0.25, -0.2) is 0 Å². The molecule has 0 radical (unpaired) electrons. The van der Waals surface area contributed by atoms with Crippen molar-refractivity contribution < 1.29 is 4.74 Å². The van der Waals surface area contributed by atoms with E-state index in [2.05, 4.69) is 23.1 Å². The fourth-order valence-electron chi connectivity index (χ4n) is 3.41. The maximum absolute atomic E-state index is 6.09. The lowest BCUT2D eigenvalue weighted by molar-refractivity contribution is 0.0834. The van der Waals surface area contributed by atoms with Gasteiger partial charge in [0.05, 0.1) is 0 Å². The SMILES string of the molecule is NCC1(N2CCOc3ccccc3C2)CCCC1. The van der Waals surface area contributed by atoms with Crippen molar-refractivity contribution in [2.75, 3.05) is 19.7 Å². The van der Waals surface area contributed by atoms with Crippen molar-refractivity contribution in [2.24, 2.45) is 5.73 Å². The molecule has 1 heterocycles. The van der Waals surface area contributed by atoms with E-state index < -0.39 is 0 Å². The summed E-state index contributed by atoms with van der Waals surface area (Å²) < 4.78 is 5.85. The summed E-state index contributed by atoms with van der Waals surface area (Å²) in [4.78, 5) is 2.56. The van der Waals surface area contributed by atoms with Crippen LogP contribution < -0.4 is 10.5 Å². The zero-order valence-corrected chi connectivity index (χ0v) is 10.9. The van der Waals surface area contributed by atoms with Gasteiger partial charge in [-0.2, -0.15) is 0 Å². The molecule has 0 unspecified atom stereocenters. The summed E-state index contributed by atoms with van der Waals surface area (Å²) in [5.41, 5.74) is 7.61. The van der Waals surface area contributed by atoms with Crippen LogP contribution in [0.15, 0.2) is 24.3 Å². The maximum Gasteiger partial charge on any atom is 0.123 e. The standard InChI is InChI=1S/C15H22N2O/c16-12-15(7-3-4-8-15)17-9-10-18-14-6-2-1-5-13(14)11-17/h1-2,5-6H,3-4,7-12,16H2. The third-order valence-electron chi connectivity index (χ3n) is 4.54. The Labute approximate surface area is 109 Å². The number of ether oxygens (including phenoxy) is 1. The molecule has 0 spiro atoms. The minimum absolute atomic E-state index is 0.223. The number of nitrogens with zero attached hydrogens (tertiary/aromatic N) is 1. The van der Waals surface area contributed by atoms with Gasteiger partial charge in [-0.15, -0.1) is 0 Å². The third-order valence-corrected chi connectivity index (χ3v) is 4.54. The molecular formula is C15H22N2O. The Morgan fingerprint density at radius 1 is 1.22 bits per heavy atom. The number of hydrogen-bond donors (Lipinski definition) is 1. The summed E-state index contributed by atoms with van der Waals surface area (Å²) in [5, 5.41) is 0. The summed E-state index contributed by atoms with van der Waals surface area (Å²) >= 11 is 0. The van der Waals surface area contributed by atoms with Gasteiger partial charge in [0.15, 0.2) is 0 Å². The van der Waals surface area contributed by atoms with E-state index in [-0.39, 0.29) is 5.54 Å². The number of benzene rings is 1. The fraction of sp³-hybridized carbons (Fsp3) is 0.600. The molecule has 0 saturated heterocycles. The minimum Gasteiger partial charge on any atom is -0.492 e. The molecule has 0 amide bonds. The minimum atomic E-state index is 0.223. The largest absolute Gasteiger partial charge is 0.492 e. The average Bonchev–Trinajstić information content (AvgIpc) is 2.79. The first-order valence-corrected chi connectivity index (χ1v) is 7.00. The quantitative estimate of drug-likeness (QED) is 0.869. The molecule has 3 nitrogen and oxygen atoms in total. The summed E-state index contributed by atoms with van der Waals surface area (Å²) in [6, 6.07) is 8.38. The van der Waals surface area contributed by atoms with Crippen molar-refractivity contribution in [2.45, 2.75) is 37.8 Å². The molecule has 1 aromatic carbocycles. The maximum atomic E-state index is 6.09. The average molecular weight is 246 g/mol. The Bertz CT molecular complexity index is 413. The van der Waals surface area contributed by atoms with Crippen molar-refractivity contribution >= 4 is 0 Å². The van der Waals surface area contributed by atoms with Crippen LogP contribution in [0.4, 0.5) is 0 Å². The van der Waals surface area contributed by atoms with Gasteiger partial charge in [-0.1, -0.05) is 31.0 Å². The number of para-hydroxylation sites is 1. The molecule has 1 saturated carbocycles. The fourth-order valence-corrected chi connectivity index (χ4v) is 3.41. The molecule has 1 aliphatic carbocycles. The first-order chi connectivity index (χ1) is 8.84. The first kappa shape index (κ1) is 12.0. The molecule has 98 valence electrons. The van der Waals surface area contributed by atoms with Gasteiger partial charge in [0.1, 0.15) is 12.4 Å². The zero-order chi connectivity index (χ0) is 12.4. The lowest BCUT2D eigenvalue weighted by Gasteiger charge is -2.39. The Morgan fingerprint density at radius 2 is 2.00 bits per heavy atom. The lowest BCUT2D eigenvalue weighted by atomic mass is 9.94. The summed E-state index contributed by atoms with van der Waals surface area (Å²) in [5.74, 6) is 1.05. The normalized spacial score (nSPS) is 23.2. The lowest BCUT2D eigenvalue weighted by Crippen LogP contribution is -2.52. The number of nitrogens with two attached hydrogens (primary N) is 1. The Balaban J connectivity index is 1.86. The van der Waals surface area contributed by atoms with E-state index >= 15 is 0 Å².